The zero-order chi connectivity index (χ0) is 23.5. The van der Waals surface area contributed by atoms with Crippen molar-refractivity contribution in [3.8, 4) is 0 Å². The van der Waals surface area contributed by atoms with Crippen LogP contribution in [0.5, 0.6) is 0 Å². The maximum Gasteiger partial charge on any atom is 0.198 e. The summed E-state index contributed by atoms with van der Waals surface area (Å²) in [5, 5.41) is -2.48. The van der Waals surface area contributed by atoms with Gasteiger partial charge in [-0.2, -0.15) is 0 Å². The van der Waals surface area contributed by atoms with Gasteiger partial charge in [-0.3, -0.25) is 0 Å². The van der Waals surface area contributed by atoms with Crippen LogP contribution in [0.3, 0.4) is 0 Å². The molecular weight excluding hydrogens is 440 g/mol. The summed E-state index contributed by atoms with van der Waals surface area (Å²) in [6.07, 6.45) is 1.85. The SMILES string of the molecule is CCCCC1=c2c(F)c(F)c(F)c(F)c2=C2C(CCCC)=c3c(F)c(F)c(F)c(F)c3=C12. The largest absolute Gasteiger partial charge is 0.203 e. The van der Waals surface area contributed by atoms with Crippen molar-refractivity contribution in [2.75, 3.05) is 0 Å². The first-order valence-corrected chi connectivity index (χ1v) is 10.4. The predicted octanol–water partition coefficient (Wildman–Crippen LogP) is 4.51. The Morgan fingerprint density at radius 1 is 0.406 bits per heavy atom. The second kappa shape index (κ2) is 8.05. The van der Waals surface area contributed by atoms with Crippen molar-refractivity contribution < 1.29 is 35.1 Å². The van der Waals surface area contributed by atoms with Gasteiger partial charge in [0.2, 0.25) is 0 Å². The fourth-order valence-electron chi connectivity index (χ4n) is 4.61. The highest BCUT2D eigenvalue weighted by Gasteiger charge is 2.37. The molecule has 0 N–H and O–H groups in total. The molecule has 0 amide bonds. The molecule has 0 aromatic heterocycles. The summed E-state index contributed by atoms with van der Waals surface area (Å²) in [7, 11) is 0. The molecule has 0 nitrogen and oxygen atoms in total. The summed E-state index contributed by atoms with van der Waals surface area (Å²) in [6.45, 7) is 3.56. The molecule has 0 saturated heterocycles. The Bertz CT molecular complexity index is 1310. The zero-order valence-corrected chi connectivity index (χ0v) is 17.3. The van der Waals surface area contributed by atoms with Gasteiger partial charge in [0, 0.05) is 20.9 Å². The molecule has 170 valence electrons. The van der Waals surface area contributed by atoms with E-state index in [2.05, 4.69) is 0 Å². The Labute approximate surface area is 177 Å². The van der Waals surface area contributed by atoms with Crippen LogP contribution in [0, 0.1) is 46.5 Å². The smallest absolute Gasteiger partial charge is 0.198 e. The van der Waals surface area contributed by atoms with Crippen LogP contribution in [0.15, 0.2) is 0 Å². The molecule has 0 spiro atoms. The van der Waals surface area contributed by atoms with E-state index in [9.17, 15) is 35.1 Å². The molecule has 0 fully saturated rings. The molecule has 0 atom stereocenters. The number of unbranched alkanes of at least 4 members (excludes halogenated alkanes) is 2. The van der Waals surface area contributed by atoms with Crippen molar-refractivity contribution >= 4 is 22.3 Å². The van der Waals surface area contributed by atoms with Gasteiger partial charge in [0.15, 0.2) is 46.5 Å². The van der Waals surface area contributed by atoms with Gasteiger partial charge in [0.05, 0.1) is 0 Å². The molecule has 0 radical (unpaired) electrons. The molecule has 2 aromatic rings. The molecule has 2 aliphatic rings. The number of fused-ring (bicyclic) bond motifs is 3. The lowest BCUT2D eigenvalue weighted by molar-refractivity contribution is 0.401. The number of benzene rings is 2. The molecule has 0 saturated carbocycles. The number of hydrogen-bond donors (Lipinski definition) is 0. The summed E-state index contributed by atoms with van der Waals surface area (Å²) in [4.78, 5) is 0. The number of halogens is 8. The second-order valence-corrected chi connectivity index (χ2v) is 7.93. The second-order valence-electron chi connectivity index (χ2n) is 7.93. The highest BCUT2D eigenvalue weighted by atomic mass is 19.2. The molecule has 0 heterocycles. The third kappa shape index (κ3) is 2.87. The standard InChI is InChI=1S/C24H18F8/c1-3-5-7-9-11-12(16-13(9)17(25)21(29)24(32)20(16)28)10(8-6-4-2)14-15(11)19(27)23(31)22(30)18(14)26/h3-8H2,1-2H3. The average Bonchev–Trinajstić information content (AvgIpc) is 3.28. The van der Waals surface area contributed by atoms with Crippen LogP contribution in [0.1, 0.15) is 52.4 Å². The highest BCUT2D eigenvalue weighted by Crippen LogP contribution is 2.38. The van der Waals surface area contributed by atoms with E-state index in [1.54, 1.807) is 13.8 Å². The van der Waals surface area contributed by atoms with Gasteiger partial charge >= 0.3 is 0 Å². The van der Waals surface area contributed by atoms with Crippen LogP contribution >= 0.6 is 0 Å². The van der Waals surface area contributed by atoms with Gasteiger partial charge in [-0.25, -0.2) is 35.1 Å². The first kappa shape index (κ1) is 22.6. The molecule has 0 bridgehead atoms. The van der Waals surface area contributed by atoms with Crippen LogP contribution in [-0.2, 0) is 0 Å². The maximum absolute atomic E-state index is 15.0. The first-order valence-electron chi connectivity index (χ1n) is 10.4. The number of rotatable bonds is 6. The quantitative estimate of drug-likeness (QED) is 0.340. The molecule has 8 heteroatoms. The fraction of sp³-hybridized carbons (Fsp3) is 0.333. The Hall–Kier alpha value is -2.64. The minimum Gasteiger partial charge on any atom is -0.203 e. The minimum absolute atomic E-state index is 0.00961. The van der Waals surface area contributed by atoms with Crippen molar-refractivity contribution in [1.82, 2.24) is 0 Å². The van der Waals surface area contributed by atoms with Crippen molar-refractivity contribution in [2.45, 2.75) is 52.4 Å². The van der Waals surface area contributed by atoms with Crippen molar-refractivity contribution in [3.63, 3.8) is 0 Å². The Kier molecular flexibility index (Phi) is 5.67. The van der Waals surface area contributed by atoms with Crippen LogP contribution in [0.2, 0.25) is 0 Å². The third-order valence-electron chi connectivity index (χ3n) is 6.05. The lowest BCUT2D eigenvalue weighted by Gasteiger charge is -2.09. The highest BCUT2D eigenvalue weighted by molar-refractivity contribution is 6.26. The van der Waals surface area contributed by atoms with E-state index in [4.69, 9.17) is 0 Å². The lowest BCUT2D eigenvalue weighted by Crippen LogP contribution is -2.38. The van der Waals surface area contributed by atoms with E-state index < -0.39 is 67.4 Å². The topological polar surface area (TPSA) is 0 Å². The summed E-state index contributed by atoms with van der Waals surface area (Å²) in [5.41, 5.74) is -0.617. The van der Waals surface area contributed by atoms with Crippen molar-refractivity contribution in [1.29, 1.82) is 0 Å². The molecule has 0 unspecified atom stereocenters. The van der Waals surface area contributed by atoms with Crippen LogP contribution in [0.25, 0.3) is 22.3 Å². The van der Waals surface area contributed by atoms with Gasteiger partial charge in [0.1, 0.15) is 0 Å². The summed E-state index contributed by atoms with van der Waals surface area (Å²) in [6, 6.07) is 0. The van der Waals surface area contributed by atoms with Gasteiger partial charge < -0.3 is 0 Å². The van der Waals surface area contributed by atoms with E-state index in [1.807, 2.05) is 0 Å². The van der Waals surface area contributed by atoms with Gasteiger partial charge in [-0.05, 0) is 48.0 Å². The fourth-order valence-corrected chi connectivity index (χ4v) is 4.61. The summed E-state index contributed by atoms with van der Waals surface area (Å²) >= 11 is 0. The zero-order valence-electron chi connectivity index (χ0n) is 17.3. The van der Waals surface area contributed by atoms with E-state index in [0.29, 0.717) is 25.7 Å². The lowest BCUT2D eigenvalue weighted by atomic mass is 9.94. The Balaban J connectivity index is 2.35. The van der Waals surface area contributed by atoms with Crippen molar-refractivity contribution in [2.24, 2.45) is 0 Å². The minimum atomic E-state index is -2.06. The summed E-state index contributed by atoms with van der Waals surface area (Å²) < 4.78 is 116. The van der Waals surface area contributed by atoms with E-state index >= 15 is 0 Å². The third-order valence-corrected chi connectivity index (χ3v) is 6.05. The first-order chi connectivity index (χ1) is 15.2. The monoisotopic (exact) mass is 458 g/mol. The molecule has 4 rings (SSSR count). The Morgan fingerprint density at radius 2 is 0.688 bits per heavy atom. The maximum atomic E-state index is 15.0. The molecule has 2 aromatic carbocycles. The Morgan fingerprint density at radius 3 is 0.969 bits per heavy atom. The van der Waals surface area contributed by atoms with Gasteiger partial charge in [-0.1, -0.05) is 26.7 Å². The van der Waals surface area contributed by atoms with Crippen LogP contribution in [0.4, 0.5) is 35.1 Å². The van der Waals surface area contributed by atoms with Crippen molar-refractivity contribution in [3.05, 3.63) is 67.4 Å². The average molecular weight is 458 g/mol. The van der Waals surface area contributed by atoms with E-state index in [0.717, 1.165) is 0 Å². The molecule has 0 aliphatic heterocycles. The molecule has 32 heavy (non-hydrogen) atoms. The van der Waals surface area contributed by atoms with Crippen LogP contribution < -0.4 is 20.9 Å². The predicted molar refractivity (Wildman–Crippen MR) is 104 cm³/mol. The normalized spacial score (nSPS) is 14.4. The molecule has 2 aliphatic carbocycles. The van der Waals surface area contributed by atoms with Gasteiger partial charge in [0.25, 0.3) is 0 Å². The van der Waals surface area contributed by atoms with E-state index in [-0.39, 0.29) is 35.1 Å². The number of hydrogen-bond acceptors (Lipinski definition) is 0. The van der Waals surface area contributed by atoms with E-state index in [1.165, 1.54) is 0 Å². The van der Waals surface area contributed by atoms with Gasteiger partial charge in [-0.15, -0.1) is 0 Å². The van der Waals surface area contributed by atoms with Crippen LogP contribution in [-0.4, -0.2) is 0 Å². The summed E-state index contributed by atoms with van der Waals surface area (Å²) in [5.74, 6) is -14.9. The molecular formula is C24H18F8.